The molecule has 0 amide bonds. The van der Waals surface area contributed by atoms with E-state index >= 15 is 0 Å². The van der Waals surface area contributed by atoms with Crippen molar-refractivity contribution in [2.24, 2.45) is 0 Å². The van der Waals surface area contributed by atoms with Gasteiger partial charge in [0.2, 0.25) is 0 Å². The molecule has 9 heteroatoms. The number of imidazole rings is 1. The molecule has 1 fully saturated rings. The molecule has 0 aliphatic carbocycles. The molecule has 9 nitrogen and oxygen atoms in total. The van der Waals surface area contributed by atoms with E-state index in [2.05, 4.69) is 39.8 Å². The summed E-state index contributed by atoms with van der Waals surface area (Å²) in [5.74, 6) is 1.16. The average Bonchev–Trinajstić information content (AvgIpc) is 3.05. The molecule has 0 saturated carbocycles. The Morgan fingerprint density at radius 1 is 1.31 bits per heavy atom. The van der Waals surface area contributed by atoms with Gasteiger partial charge in [0.25, 0.3) is 12.9 Å². The number of rotatable bonds is 7. The summed E-state index contributed by atoms with van der Waals surface area (Å²) < 4.78 is 2.25. The maximum absolute atomic E-state index is 8.96. The zero-order valence-corrected chi connectivity index (χ0v) is 15.6. The Bertz CT molecular complexity index is 469. The number of aryl methyl sites for hydroxylation is 1. The highest BCUT2D eigenvalue weighted by molar-refractivity contribution is 5.33. The van der Waals surface area contributed by atoms with Gasteiger partial charge in [0.05, 0.1) is 6.61 Å². The average molecular weight is 372 g/mol. The number of carbonyl (C=O) groups is 2. The molecule has 0 spiro atoms. The van der Waals surface area contributed by atoms with E-state index in [4.69, 9.17) is 24.9 Å². The van der Waals surface area contributed by atoms with Crippen molar-refractivity contribution in [1.82, 2.24) is 19.8 Å². The van der Waals surface area contributed by atoms with Crippen LogP contribution in [0.4, 0.5) is 0 Å². The number of carboxylic acid groups (broad SMARTS) is 2. The van der Waals surface area contributed by atoms with E-state index in [1.54, 1.807) is 0 Å². The first-order valence-electron chi connectivity index (χ1n) is 8.81. The van der Waals surface area contributed by atoms with E-state index in [1.807, 2.05) is 6.20 Å². The fraction of sp³-hybridized carbons (Fsp3) is 0.706. The smallest absolute Gasteiger partial charge is 0.290 e. The van der Waals surface area contributed by atoms with Crippen molar-refractivity contribution in [3.8, 4) is 0 Å². The Kier molecular flexibility index (Phi) is 14.1. The number of nitrogens with one attached hydrogen (secondary N) is 1. The van der Waals surface area contributed by atoms with Crippen LogP contribution in [0.2, 0.25) is 0 Å². The fourth-order valence-electron chi connectivity index (χ4n) is 3.04. The predicted molar refractivity (Wildman–Crippen MR) is 98.1 cm³/mol. The molecular formula is C17H32N4O5. The van der Waals surface area contributed by atoms with Crippen LogP contribution in [0, 0.1) is 0 Å². The quantitative estimate of drug-likeness (QED) is 0.503. The Morgan fingerprint density at radius 2 is 1.88 bits per heavy atom. The lowest BCUT2D eigenvalue weighted by molar-refractivity contribution is -0.123. The van der Waals surface area contributed by atoms with Crippen LogP contribution in [0.15, 0.2) is 12.4 Å². The molecule has 1 saturated heterocycles. The Hall–Kier alpha value is -1.97. The molecule has 1 aromatic rings. The third-order valence-electron chi connectivity index (χ3n) is 4.11. The van der Waals surface area contributed by atoms with Crippen LogP contribution >= 0.6 is 0 Å². The van der Waals surface area contributed by atoms with Gasteiger partial charge in [-0.2, -0.15) is 0 Å². The van der Waals surface area contributed by atoms with Crippen LogP contribution in [0.5, 0.6) is 0 Å². The van der Waals surface area contributed by atoms with E-state index < -0.39 is 0 Å². The maximum Gasteiger partial charge on any atom is 0.290 e. The number of hydrogen-bond donors (Lipinski definition) is 4. The van der Waals surface area contributed by atoms with Crippen molar-refractivity contribution in [2.75, 3.05) is 26.2 Å². The number of piperidine rings is 1. The second-order valence-electron chi connectivity index (χ2n) is 5.97. The zero-order valence-electron chi connectivity index (χ0n) is 15.6. The highest BCUT2D eigenvalue weighted by atomic mass is 16.3. The van der Waals surface area contributed by atoms with Crippen molar-refractivity contribution >= 4 is 12.9 Å². The van der Waals surface area contributed by atoms with Crippen molar-refractivity contribution in [3.05, 3.63) is 18.2 Å². The second-order valence-corrected chi connectivity index (χ2v) is 5.97. The first-order chi connectivity index (χ1) is 12.6. The largest absolute Gasteiger partial charge is 0.483 e. The molecule has 0 aromatic carbocycles. The lowest BCUT2D eigenvalue weighted by Gasteiger charge is -2.33. The topological polar surface area (TPSA) is 128 Å². The molecule has 2 heterocycles. The van der Waals surface area contributed by atoms with Crippen LogP contribution < -0.4 is 5.32 Å². The van der Waals surface area contributed by atoms with Crippen molar-refractivity contribution in [1.29, 1.82) is 0 Å². The van der Waals surface area contributed by atoms with E-state index in [9.17, 15) is 0 Å². The summed E-state index contributed by atoms with van der Waals surface area (Å²) in [4.78, 5) is 23.4. The van der Waals surface area contributed by atoms with Gasteiger partial charge in [-0.1, -0.05) is 6.92 Å². The monoisotopic (exact) mass is 372 g/mol. The summed E-state index contributed by atoms with van der Waals surface area (Å²) in [6, 6.07) is 1.07. The number of aromatic nitrogens is 2. The molecule has 1 aliphatic heterocycles. The zero-order chi connectivity index (χ0) is 19.8. The number of nitrogens with zero attached hydrogens (tertiary/aromatic N) is 3. The lowest BCUT2D eigenvalue weighted by atomic mass is 10.0. The van der Waals surface area contributed by atoms with E-state index in [0.717, 1.165) is 38.4 Å². The molecule has 0 bridgehead atoms. The number of aliphatic hydroxyl groups is 1. The number of aliphatic hydroxyl groups excluding tert-OH is 1. The molecule has 4 N–H and O–H groups in total. The Morgan fingerprint density at radius 3 is 2.38 bits per heavy atom. The third kappa shape index (κ3) is 10.1. The molecule has 1 atom stereocenters. The summed E-state index contributed by atoms with van der Waals surface area (Å²) in [7, 11) is 0. The Labute approximate surface area is 154 Å². The normalized spacial score (nSPS) is 15.8. The predicted octanol–water partition coefficient (Wildman–Crippen LogP) is 0.282. The SMILES string of the molecule is CCc1nccn1CC(C)NC1CCN(CCO)CC1.O=CO.O=CO. The molecule has 0 radical (unpaired) electrons. The molecule has 150 valence electrons. The summed E-state index contributed by atoms with van der Waals surface area (Å²) in [5.41, 5.74) is 0. The highest BCUT2D eigenvalue weighted by Gasteiger charge is 2.20. The van der Waals surface area contributed by atoms with Gasteiger partial charge >= 0.3 is 0 Å². The van der Waals surface area contributed by atoms with Gasteiger partial charge < -0.3 is 30.1 Å². The van der Waals surface area contributed by atoms with Gasteiger partial charge in [-0.25, -0.2) is 4.98 Å². The molecule has 1 aromatic heterocycles. The Balaban J connectivity index is 0.000000918. The van der Waals surface area contributed by atoms with Crippen LogP contribution in [0.3, 0.4) is 0 Å². The molecule has 1 unspecified atom stereocenters. The lowest BCUT2D eigenvalue weighted by Crippen LogP contribution is -2.47. The number of hydrogen-bond acceptors (Lipinski definition) is 6. The van der Waals surface area contributed by atoms with Crippen molar-refractivity contribution < 1.29 is 24.9 Å². The van der Waals surface area contributed by atoms with Crippen LogP contribution in [0.1, 0.15) is 32.5 Å². The van der Waals surface area contributed by atoms with Crippen LogP contribution in [-0.4, -0.2) is 81.0 Å². The maximum atomic E-state index is 8.96. The van der Waals surface area contributed by atoms with E-state index in [-0.39, 0.29) is 19.6 Å². The van der Waals surface area contributed by atoms with Crippen molar-refractivity contribution in [2.45, 2.75) is 51.7 Å². The molecule has 2 rings (SSSR count). The molecule has 1 aliphatic rings. The van der Waals surface area contributed by atoms with Crippen LogP contribution in [-0.2, 0) is 22.6 Å². The minimum absolute atomic E-state index is 0.250. The van der Waals surface area contributed by atoms with Gasteiger partial charge in [-0.05, 0) is 32.9 Å². The highest BCUT2D eigenvalue weighted by Crippen LogP contribution is 2.11. The van der Waals surface area contributed by atoms with Gasteiger partial charge in [-0.3, -0.25) is 9.59 Å². The standard InChI is InChI=1S/C15H28N4O.2CH2O2/c1-3-15-16-6-9-19(15)12-13(2)17-14-4-7-18(8-5-14)10-11-20;2*2-1-3/h6,9,13-14,17,20H,3-5,7-8,10-12H2,1-2H3;2*1H,(H,2,3). The van der Waals surface area contributed by atoms with E-state index in [1.165, 1.54) is 12.8 Å². The van der Waals surface area contributed by atoms with Crippen LogP contribution in [0.25, 0.3) is 0 Å². The minimum atomic E-state index is -0.250. The number of β-amino-alcohol motifs (C(OH)–C–C–N with tert-alkyl or cyclic N) is 1. The molecule has 26 heavy (non-hydrogen) atoms. The molecular weight excluding hydrogens is 340 g/mol. The fourth-order valence-corrected chi connectivity index (χ4v) is 3.04. The first-order valence-corrected chi connectivity index (χ1v) is 8.81. The van der Waals surface area contributed by atoms with Gasteiger partial charge in [-0.15, -0.1) is 0 Å². The summed E-state index contributed by atoms with van der Waals surface area (Å²) >= 11 is 0. The number of likely N-dealkylation sites (tertiary alicyclic amines) is 1. The van der Waals surface area contributed by atoms with Gasteiger partial charge in [0.15, 0.2) is 0 Å². The summed E-state index contributed by atoms with van der Waals surface area (Å²) in [6.45, 7) is 8.16. The third-order valence-corrected chi connectivity index (χ3v) is 4.11. The first kappa shape index (κ1) is 24.0. The second kappa shape index (κ2) is 15.3. The van der Waals surface area contributed by atoms with Gasteiger partial charge in [0.1, 0.15) is 5.82 Å². The van der Waals surface area contributed by atoms with E-state index in [0.29, 0.717) is 12.1 Å². The van der Waals surface area contributed by atoms with Gasteiger partial charge in [0, 0.05) is 44.0 Å². The summed E-state index contributed by atoms with van der Waals surface area (Å²) in [5, 5.41) is 26.5. The summed E-state index contributed by atoms with van der Waals surface area (Å²) in [6.07, 6.45) is 7.29. The minimum Gasteiger partial charge on any atom is -0.483 e. The van der Waals surface area contributed by atoms with Crippen molar-refractivity contribution in [3.63, 3.8) is 0 Å².